The summed E-state index contributed by atoms with van der Waals surface area (Å²) in [6, 6.07) is 11.5. The van der Waals surface area contributed by atoms with Crippen LogP contribution in [0, 0.1) is 10.1 Å². The Kier molecular flexibility index (Phi) is 4.05. The van der Waals surface area contributed by atoms with Crippen LogP contribution in [-0.4, -0.2) is 13.3 Å². The van der Waals surface area contributed by atoms with Gasteiger partial charge in [0.15, 0.2) is 0 Å². The molecule has 0 aliphatic carbocycles. The third kappa shape index (κ3) is 3.27. The van der Waals surface area contributed by atoms with Gasteiger partial charge in [0.2, 0.25) is 0 Å². The summed E-state index contributed by atoms with van der Waals surface area (Å²) in [6.07, 6.45) is 0. The van der Waals surface area contributed by atoms with Crippen molar-refractivity contribution < 1.29 is 13.3 Å². The fourth-order valence-electron chi connectivity index (χ4n) is 1.68. The second kappa shape index (κ2) is 5.77. The Balaban J connectivity index is 2.48. The van der Waals surface area contributed by atoms with Crippen LogP contribution in [0.15, 0.2) is 53.4 Å². The second-order valence-corrected chi connectivity index (χ2v) is 5.70. The number of para-hydroxylation sites is 1. The summed E-state index contributed by atoms with van der Waals surface area (Å²) < 4.78 is 27.0. The minimum Gasteiger partial charge on any atom is -0.323 e. The number of benzene rings is 2. The highest BCUT2D eigenvalue weighted by Gasteiger charge is 2.22. The minimum absolute atomic E-state index is 0.0593. The monoisotopic (exact) mass is 308 g/mol. The maximum absolute atomic E-state index is 12.3. The van der Waals surface area contributed by atoms with Gasteiger partial charge in [-0.05, 0) is 18.2 Å². The Morgan fingerprint density at radius 3 is 2.33 bits per heavy atom. The molecular formula is C12H12N4O4S. The molecule has 0 unspecified atom stereocenters. The van der Waals surface area contributed by atoms with E-state index < -0.39 is 14.9 Å². The maximum Gasteiger partial charge on any atom is 0.270 e. The van der Waals surface area contributed by atoms with Gasteiger partial charge in [-0.15, -0.1) is 0 Å². The molecule has 0 aromatic heterocycles. The molecule has 0 fully saturated rings. The molecule has 0 amide bonds. The Labute approximate surface area is 120 Å². The van der Waals surface area contributed by atoms with Crippen molar-refractivity contribution in [3.05, 3.63) is 58.6 Å². The molecule has 2 aromatic rings. The molecule has 0 atom stereocenters. The number of rotatable bonds is 5. The summed E-state index contributed by atoms with van der Waals surface area (Å²) in [5, 5.41) is 10.8. The average molecular weight is 308 g/mol. The van der Waals surface area contributed by atoms with E-state index in [1.54, 1.807) is 30.3 Å². The Bertz CT molecular complexity index is 762. The molecule has 0 aliphatic rings. The van der Waals surface area contributed by atoms with E-state index in [1.165, 1.54) is 6.07 Å². The van der Waals surface area contributed by atoms with Gasteiger partial charge in [-0.1, -0.05) is 18.2 Å². The number of nitrogens with zero attached hydrogens (tertiary/aromatic N) is 1. The SMILES string of the molecule is NNc1ccc([N+](=O)[O-])cc1S(=O)(=O)Nc1ccccc1. The molecule has 0 heterocycles. The number of nitro benzene ring substituents is 1. The first-order chi connectivity index (χ1) is 9.94. The van der Waals surface area contributed by atoms with Crippen LogP contribution in [-0.2, 0) is 10.0 Å². The first-order valence-corrected chi connectivity index (χ1v) is 7.25. The molecule has 2 rings (SSSR count). The fraction of sp³-hybridized carbons (Fsp3) is 0. The van der Waals surface area contributed by atoms with E-state index in [2.05, 4.69) is 10.1 Å². The van der Waals surface area contributed by atoms with E-state index in [4.69, 9.17) is 5.84 Å². The smallest absolute Gasteiger partial charge is 0.270 e. The Morgan fingerprint density at radius 2 is 1.76 bits per heavy atom. The van der Waals surface area contributed by atoms with E-state index in [0.29, 0.717) is 5.69 Å². The number of nitrogens with two attached hydrogens (primary N) is 1. The van der Waals surface area contributed by atoms with E-state index in [0.717, 1.165) is 12.1 Å². The number of nitrogen functional groups attached to an aromatic ring is 1. The number of hydrogen-bond acceptors (Lipinski definition) is 6. The topological polar surface area (TPSA) is 127 Å². The van der Waals surface area contributed by atoms with Crippen molar-refractivity contribution in [1.29, 1.82) is 0 Å². The molecular weight excluding hydrogens is 296 g/mol. The maximum atomic E-state index is 12.3. The van der Waals surface area contributed by atoms with Gasteiger partial charge in [-0.3, -0.25) is 20.7 Å². The van der Waals surface area contributed by atoms with Gasteiger partial charge in [-0.25, -0.2) is 8.42 Å². The lowest BCUT2D eigenvalue weighted by atomic mass is 10.3. The number of hydrazine groups is 1. The summed E-state index contributed by atoms with van der Waals surface area (Å²) in [5.74, 6) is 5.25. The first kappa shape index (κ1) is 14.8. The van der Waals surface area contributed by atoms with Crippen LogP contribution in [0.25, 0.3) is 0 Å². The third-order valence-electron chi connectivity index (χ3n) is 2.65. The quantitative estimate of drug-likeness (QED) is 0.438. The number of nitro groups is 1. The van der Waals surface area contributed by atoms with Crippen LogP contribution < -0.4 is 16.0 Å². The van der Waals surface area contributed by atoms with Crippen LogP contribution in [0.1, 0.15) is 0 Å². The molecule has 8 nitrogen and oxygen atoms in total. The van der Waals surface area contributed by atoms with E-state index in [-0.39, 0.29) is 16.3 Å². The van der Waals surface area contributed by atoms with Crippen LogP contribution in [0.5, 0.6) is 0 Å². The standard InChI is InChI=1S/C12H12N4O4S/c13-14-11-7-6-10(16(17)18)8-12(11)21(19,20)15-9-4-2-1-3-5-9/h1-8,14-15H,13H2. The molecule has 0 radical (unpaired) electrons. The van der Waals surface area contributed by atoms with Gasteiger partial charge in [0.05, 0.1) is 10.6 Å². The molecule has 0 spiro atoms. The van der Waals surface area contributed by atoms with Crippen LogP contribution in [0.4, 0.5) is 17.1 Å². The highest BCUT2D eigenvalue weighted by Crippen LogP contribution is 2.27. The van der Waals surface area contributed by atoms with Crippen molar-refractivity contribution in [1.82, 2.24) is 0 Å². The minimum atomic E-state index is -4.01. The largest absolute Gasteiger partial charge is 0.323 e. The summed E-state index contributed by atoms with van der Waals surface area (Å²) in [5.41, 5.74) is 2.27. The lowest BCUT2D eigenvalue weighted by Crippen LogP contribution is -2.17. The second-order valence-electron chi connectivity index (χ2n) is 4.05. The number of non-ortho nitro benzene ring substituents is 1. The number of hydrogen-bond donors (Lipinski definition) is 3. The zero-order chi connectivity index (χ0) is 15.5. The van der Waals surface area contributed by atoms with E-state index in [9.17, 15) is 18.5 Å². The van der Waals surface area contributed by atoms with Gasteiger partial charge in [0.25, 0.3) is 15.7 Å². The van der Waals surface area contributed by atoms with Crippen molar-refractivity contribution >= 4 is 27.1 Å². The first-order valence-electron chi connectivity index (χ1n) is 5.77. The molecule has 0 aliphatic heterocycles. The molecule has 9 heteroatoms. The van der Waals surface area contributed by atoms with Gasteiger partial charge >= 0.3 is 0 Å². The highest BCUT2D eigenvalue weighted by atomic mass is 32.2. The van der Waals surface area contributed by atoms with Crippen LogP contribution in [0.2, 0.25) is 0 Å². The average Bonchev–Trinajstić information content (AvgIpc) is 2.47. The Hall–Kier alpha value is -2.65. The number of sulfonamides is 1. The van der Waals surface area contributed by atoms with E-state index in [1.807, 2.05) is 0 Å². The summed E-state index contributed by atoms with van der Waals surface area (Å²) in [4.78, 5) is 9.80. The zero-order valence-corrected chi connectivity index (χ0v) is 11.5. The van der Waals surface area contributed by atoms with Crippen molar-refractivity contribution in [3.63, 3.8) is 0 Å². The van der Waals surface area contributed by atoms with Crippen LogP contribution >= 0.6 is 0 Å². The normalized spacial score (nSPS) is 10.9. The molecule has 0 saturated carbocycles. The van der Waals surface area contributed by atoms with Crippen molar-refractivity contribution in [2.45, 2.75) is 4.90 Å². The van der Waals surface area contributed by atoms with Gasteiger partial charge in [-0.2, -0.15) is 0 Å². The highest BCUT2D eigenvalue weighted by molar-refractivity contribution is 7.92. The lowest BCUT2D eigenvalue weighted by molar-refractivity contribution is -0.385. The molecule has 0 saturated heterocycles. The predicted molar refractivity (Wildman–Crippen MR) is 78.2 cm³/mol. The molecule has 21 heavy (non-hydrogen) atoms. The number of nitrogens with one attached hydrogen (secondary N) is 2. The van der Waals surface area contributed by atoms with Crippen molar-refractivity contribution in [3.8, 4) is 0 Å². The summed E-state index contributed by atoms with van der Waals surface area (Å²) in [6.45, 7) is 0. The summed E-state index contributed by atoms with van der Waals surface area (Å²) in [7, 11) is -4.01. The molecule has 2 aromatic carbocycles. The lowest BCUT2D eigenvalue weighted by Gasteiger charge is -2.11. The molecule has 4 N–H and O–H groups in total. The third-order valence-corrected chi connectivity index (χ3v) is 4.07. The fourth-order valence-corrected chi connectivity index (χ4v) is 2.93. The zero-order valence-electron chi connectivity index (χ0n) is 10.7. The molecule has 110 valence electrons. The predicted octanol–water partition coefficient (Wildman–Crippen LogP) is 1.68. The van der Waals surface area contributed by atoms with Gasteiger partial charge in [0, 0.05) is 17.8 Å². The number of anilines is 2. The van der Waals surface area contributed by atoms with Crippen LogP contribution in [0.3, 0.4) is 0 Å². The summed E-state index contributed by atoms with van der Waals surface area (Å²) >= 11 is 0. The van der Waals surface area contributed by atoms with E-state index >= 15 is 0 Å². The van der Waals surface area contributed by atoms with Gasteiger partial charge in [0.1, 0.15) is 4.90 Å². The van der Waals surface area contributed by atoms with Gasteiger partial charge < -0.3 is 5.43 Å². The Morgan fingerprint density at radius 1 is 1.10 bits per heavy atom. The van der Waals surface area contributed by atoms with Crippen molar-refractivity contribution in [2.24, 2.45) is 5.84 Å². The van der Waals surface area contributed by atoms with Crippen molar-refractivity contribution in [2.75, 3.05) is 10.1 Å². The molecule has 0 bridgehead atoms.